The van der Waals surface area contributed by atoms with Crippen molar-refractivity contribution < 1.29 is 23.8 Å². The van der Waals surface area contributed by atoms with Crippen LogP contribution in [0.15, 0.2) is 34.8 Å². The van der Waals surface area contributed by atoms with E-state index in [2.05, 4.69) is 19.9 Å². The predicted molar refractivity (Wildman–Crippen MR) is 94.7 cm³/mol. The lowest BCUT2D eigenvalue weighted by Gasteiger charge is -2.57. The monoisotopic (exact) mass is 360 g/mol. The van der Waals surface area contributed by atoms with Gasteiger partial charge in [-0.1, -0.05) is 13.8 Å². The van der Waals surface area contributed by atoms with Crippen LogP contribution in [0.25, 0.3) is 0 Å². The van der Waals surface area contributed by atoms with Gasteiger partial charge in [0.25, 0.3) is 0 Å². The average Bonchev–Trinajstić information content (AvgIpc) is 3.22. The molecule has 2 fully saturated rings. The Labute approximate surface area is 154 Å². The molecule has 1 aromatic rings. The quantitative estimate of drug-likeness (QED) is 0.795. The number of aliphatic hydroxyl groups is 1. The van der Waals surface area contributed by atoms with Gasteiger partial charge < -0.3 is 19.0 Å². The van der Waals surface area contributed by atoms with Gasteiger partial charge in [0.05, 0.1) is 18.6 Å². The molecule has 1 spiro atoms. The maximum absolute atomic E-state index is 11.6. The number of rotatable bonds is 2. The number of allylic oxidation sites excluding steroid dienone is 2. The Bertz CT molecular complexity index is 708. The first-order valence-electron chi connectivity index (χ1n) is 9.62. The normalized spacial score (nSPS) is 42.4. The van der Waals surface area contributed by atoms with Gasteiger partial charge in [0.1, 0.15) is 5.76 Å². The van der Waals surface area contributed by atoms with E-state index >= 15 is 0 Å². The molecule has 0 unspecified atom stereocenters. The fourth-order valence-corrected chi connectivity index (χ4v) is 5.87. The number of ether oxygens (including phenoxy) is 2. The molecule has 1 aromatic heterocycles. The number of hydrogen-bond acceptors (Lipinski definition) is 5. The van der Waals surface area contributed by atoms with Crippen LogP contribution in [-0.2, 0) is 14.3 Å². The Morgan fingerprint density at radius 3 is 2.88 bits per heavy atom. The summed E-state index contributed by atoms with van der Waals surface area (Å²) >= 11 is 0. The minimum absolute atomic E-state index is 0.156. The second-order valence-corrected chi connectivity index (χ2v) is 8.50. The van der Waals surface area contributed by atoms with Crippen LogP contribution in [-0.4, -0.2) is 17.4 Å². The molecule has 26 heavy (non-hydrogen) atoms. The third kappa shape index (κ3) is 2.48. The maximum atomic E-state index is 11.6. The maximum Gasteiger partial charge on any atom is 0.307 e. The highest BCUT2D eigenvalue weighted by Crippen LogP contribution is 2.67. The lowest BCUT2D eigenvalue weighted by atomic mass is 9.47. The zero-order valence-corrected chi connectivity index (χ0v) is 15.7. The van der Waals surface area contributed by atoms with Gasteiger partial charge in [0, 0.05) is 23.3 Å². The van der Waals surface area contributed by atoms with Crippen LogP contribution < -0.4 is 0 Å². The molecule has 2 heterocycles. The van der Waals surface area contributed by atoms with Crippen molar-refractivity contribution in [3.63, 3.8) is 0 Å². The molecule has 6 atom stereocenters. The van der Waals surface area contributed by atoms with Gasteiger partial charge in [-0.3, -0.25) is 4.79 Å². The molecule has 1 N–H and O–H groups in total. The van der Waals surface area contributed by atoms with Crippen LogP contribution in [0.3, 0.4) is 0 Å². The molecule has 5 heteroatoms. The molecule has 142 valence electrons. The number of fused-ring (bicyclic) bond motifs is 2. The molecule has 3 aliphatic rings. The van der Waals surface area contributed by atoms with Crippen molar-refractivity contribution in [2.75, 3.05) is 0 Å². The van der Waals surface area contributed by atoms with Gasteiger partial charge >= 0.3 is 5.97 Å². The van der Waals surface area contributed by atoms with E-state index in [0.717, 1.165) is 43.4 Å². The van der Waals surface area contributed by atoms with Gasteiger partial charge in [0.15, 0.2) is 6.29 Å². The van der Waals surface area contributed by atoms with E-state index < -0.39 is 6.29 Å². The zero-order chi connectivity index (χ0) is 18.5. The molecule has 0 bridgehead atoms. The van der Waals surface area contributed by atoms with E-state index in [0.29, 0.717) is 5.92 Å². The van der Waals surface area contributed by atoms with Crippen LogP contribution in [0.2, 0.25) is 0 Å². The summed E-state index contributed by atoms with van der Waals surface area (Å²) in [6.45, 7) is 5.88. The molecule has 5 nitrogen and oxygen atoms in total. The summed E-state index contributed by atoms with van der Waals surface area (Å²) in [4.78, 5) is 11.6. The zero-order valence-electron chi connectivity index (χ0n) is 15.7. The minimum atomic E-state index is -0.821. The minimum Gasteiger partial charge on any atom is -0.472 e. The Balaban J connectivity index is 1.71. The number of carbonyl (C=O) groups is 1. The first-order chi connectivity index (χ1) is 12.4. The average molecular weight is 360 g/mol. The molecular weight excluding hydrogens is 332 g/mol. The smallest absolute Gasteiger partial charge is 0.307 e. The summed E-state index contributed by atoms with van der Waals surface area (Å²) in [7, 11) is 0. The van der Waals surface area contributed by atoms with Crippen molar-refractivity contribution in [2.24, 2.45) is 22.7 Å². The SMILES string of the molecule is CC(=O)OC1=CCC[C@@H]2[C@@]3(C[C@H](c4ccoc4)O[C@H]3O)[C@H](C)CC[C@@]12C. The lowest BCUT2D eigenvalue weighted by Crippen LogP contribution is -2.55. The third-order valence-corrected chi connectivity index (χ3v) is 7.24. The van der Waals surface area contributed by atoms with E-state index in [1.54, 1.807) is 12.5 Å². The Morgan fingerprint density at radius 2 is 2.19 bits per heavy atom. The predicted octanol–water partition coefficient (Wildman–Crippen LogP) is 4.34. The summed E-state index contributed by atoms with van der Waals surface area (Å²) in [5.74, 6) is 1.06. The van der Waals surface area contributed by atoms with E-state index in [1.165, 1.54) is 6.92 Å². The highest BCUT2D eigenvalue weighted by Gasteiger charge is 2.64. The van der Waals surface area contributed by atoms with Crippen molar-refractivity contribution in [3.8, 4) is 0 Å². The van der Waals surface area contributed by atoms with Crippen molar-refractivity contribution >= 4 is 5.97 Å². The lowest BCUT2D eigenvalue weighted by molar-refractivity contribution is -0.201. The molecule has 0 amide bonds. The van der Waals surface area contributed by atoms with Crippen LogP contribution in [0.1, 0.15) is 64.5 Å². The molecule has 1 aliphatic heterocycles. The summed E-state index contributed by atoms with van der Waals surface area (Å²) < 4.78 is 16.9. The molecule has 4 rings (SSSR count). The van der Waals surface area contributed by atoms with Crippen molar-refractivity contribution in [2.45, 2.75) is 65.3 Å². The van der Waals surface area contributed by atoms with Crippen LogP contribution in [0.4, 0.5) is 0 Å². The van der Waals surface area contributed by atoms with Crippen LogP contribution in [0, 0.1) is 22.7 Å². The molecule has 0 radical (unpaired) electrons. The second-order valence-electron chi connectivity index (χ2n) is 8.50. The summed E-state index contributed by atoms with van der Waals surface area (Å²) in [6.07, 6.45) is 8.98. The Hall–Kier alpha value is -1.59. The van der Waals surface area contributed by atoms with Gasteiger partial charge in [0.2, 0.25) is 0 Å². The number of carbonyl (C=O) groups excluding carboxylic acids is 1. The Morgan fingerprint density at radius 1 is 1.38 bits per heavy atom. The van der Waals surface area contributed by atoms with Gasteiger partial charge in [-0.15, -0.1) is 0 Å². The van der Waals surface area contributed by atoms with E-state index in [-0.39, 0.29) is 28.8 Å². The molecule has 1 saturated carbocycles. The first kappa shape index (κ1) is 17.8. The van der Waals surface area contributed by atoms with E-state index in [1.807, 2.05) is 6.07 Å². The third-order valence-electron chi connectivity index (χ3n) is 7.24. The van der Waals surface area contributed by atoms with Gasteiger partial charge in [-0.05, 0) is 56.1 Å². The first-order valence-corrected chi connectivity index (χ1v) is 9.62. The largest absolute Gasteiger partial charge is 0.472 e. The van der Waals surface area contributed by atoms with Crippen LogP contribution in [0.5, 0.6) is 0 Å². The van der Waals surface area contributed by atoms with Crippen molar-refractivity contribution in [1.29, 1.82) is 0 Å². The number of furan rings is 1. The molecule has 2 aliphatic carbocycles. The number of aliphatic hydroxyl groups excluding tert-OH is 1. The van der Waals surface area contributed by atoms with E-state index in [9.17, 15) is 9.90 Å². The van der Waals surface area contributed by atoms with Crippen molar-refractivity contribution in [3.05, 3.63) is 36.0 Å². The number of hydrogen-bond donors (Lipinski definition) is 1. The standard InChI is InChI=1S/C21H28O5/c1-13-7-9-20(3)17(5-4-6-18(20)25-14(2)22)21(13)11-16(26-19(21)23)15-8-10-24-12-15/h6,8,10,12-13,16-17,19,23H,4-5,7,9,11H2,1-3H3/t13-,16-,17+,19-,20-,21-/m1/s1. The van der Waals surface area contributed by atoms with Crippen LogP contribution >= 0.6 is 0 Å². The van der Waals surface area contributed by atoms with Gasteiger partial charge in [-0.25, -0.2) is 0 Å². The highest BCUT2D eigenvalue weighted by molar-refractivity contribution is 5.67. The fraction of sp³-hybridized carbons (Fsp3) is 0.667. The van der Waals surface area contributed by atoms with Crippen molar-refractivity contribution in [1.82, 2.24) is 0 Å². The topological polar surface area (TPSA) is 68.9 Å². The highest BCUT2D eigenvalue weighted by atomic mass is 16.6. The summed E-state index contributed by atoms with van der Waals surface area (Å²) in [5.41, 5.74) is 0.396. The molecule has 0 aromatic carbocycles. The van der Waals surface area contributed by atoms with E-state index in [4.69, 9.17) is 13.9 Å². The van der Waals surface area contributed by atoms with Gasteiger partial charge in [-0.2, -0.15) is 0 Å². The number of esters is 1. The second kappa shape index (κ2) is 6.24. The fourth-order valence-electron chi connectivity index (χ4n) is 5.87. The summed E-state index contributed by atoms with van der Waals surface area (Å²) in [5, 5.41) is 11.1. The summed E-state index contributed by atoms with van der Waals surface area (Å²) in [6, 6.07) is 1.91. The Kier molecular flexibility index (Phi) is 4.27. The molecule has 1 saturated heterocycles. The molecular formula is C21H28O5.